The van der Waals surface area contributed by atoms with Crippen LogP contribution in [0.3, 0.4) is 0 Å². The number of benzene rings is 1. The van der Waals surface area contributed by atoms with E-state index in [-0.39, 0.29) is 11.8 Å². The number of aliphatic carboxylic acids is 1. The van der Waals surface area contributed by atoms with Crippen molar-refractivity contribution in [1.29, 1.82) is 0 Å². The molecule has 1 aliphatic rings. The second-order valence-corrected chi connectivity index (χ2v) is 5.00. The molecule has 2 atom stereocenters. The monoisotopic (exact) mass is 258 g/mol. The molecule has 2 rings (SSSR count). The Morgan fingerprint density at radius 1 is 1.31 bits per heavy atom. The van der Waals surface area contributed by atoms with Crippen molar-refractivity contribution in [2.75, 3.05) is 0 Å². The Labute approximate surface area is 104 Å². The van der Waals surface area contributed by atoms with Crippen LogP contribution in [0.4, 0.5) is 0 Å². The molecular weight excluding hydrogens is 247 g/mol. The van der Waals surface area contributed by atoms with Gasteiger partial charge in [-0.3, -0.25) is 4.79 Å². The van der Waals surface area contributed by atoms with Crippen LogP contribution in [0.25, 0.3) is 0 Å². The van der Waals surface area contributed by atoms with Crippen molar-refractivity contribution < 1.29 is 9.90 Å². The Morgan fingerprint density at radius 2 is 1.94 bits per heavy atom. The number of hydrogen-bond acceptors (Lipinski definition) is 1. The molecule has 0 radical (unpaired) electrons. The molecule has 2 unspecified atom stereocenters. The lowest BCUT2D eigenvalue weighted by Crippen LogP contribution is -2.34. The van der Waals surface area contributed by atoms with Gasteiger partial charge in [0.2, 0.25) is 0 Å². The highest BCUT2D eigenvalue weighted by atomic mass is 35.5. The van der Waals surface area contributed by atoms with Gasteiger partial charge in [0.25, 0.3) is 0 Å². The summed E-state index contributed by atoms with van der Waals surface area (Å²) in [5.41, 5.74) is 0.877. The van der Waals surface area contributed by atoms with E-state index in [0.29, 0.717) is 16.5 Å². The summed E-state index contributed by atoms with van der Waals surface area (Å²) in [7, 11) is 0. The van der Waals surface area contributed by atoms with Crippen LogP contribution in [0.1, 0.15) is 18.4 Å². The van der Waals surface area contributed by atoms with Crippen molar-refractivity contribution in [3.8, 4) is 0 Å². The Kier molecular flexibility index (Phi) is 3.41. The second-order valence-electron chi connectivity index (χ2n) is 4.19. The summed E-state index contributed by atoms with van der Waals surface area (Å²) in [6.07, 6.45) is 2.37. The fourth-order valence-corrected chi connectivity index (χ4v) is 2.68. The van der Waals surface area contributed by atoms with E-state index in [1.54, 1.807) is 18.2 Å². The Bertz CT molecular complexity index is 397. The largest absolute Gasteiger partial charge is 0.481 e. The summed E-state index contributed by atoms with van der Waals surface area (Å²) >= 11 is 12.1. The van der Waals surface area contributed by atoms with Crippen LogP contribution in [0, 0.1) is 11.8 Å². The minimum atomic E-state index is -0.709. The maximum absolute atomic E-state index is 10.9. The molecule has 1 N–H and O–H groups in total. The smallest absolute Gasteiger partial charge is 0.306 e. The standard InChI is InChI=1S/C12H12Cl2O2/c13-10-2-1-3-11(14)9(10)6-7-4-5-8(7)12(15)16/h1-3,7-8H,4-6H2,(H,15,16). The lowest BCUT2D eigenvalue weighted by molar-refractivity contribution is -0.147. The fraction of sp³-hybridized carbons (Fsp3) is 0.417. The number of carbonyl (C=O) groups is 1. The maximum atomic E-state index is 10.9. The number of hydrogen-bond donors (Lipinski definition) is 1. The quantitative estimate of drug-likeness (QED) is 0.899. The normalized spacial score (nSPS) is 23.9. The Balaban J connectivity index is 2.13. The summed E-state index contributed by atoms with van der Waals surface area (Å²) < 4.78 is 0. The van der Waals surface area contributed by atoms with Crippen molar-refractivity contribution in [1.82, 2.24) is 0 Å². The molecule has 1 fully saturated rings. The molecule has 1 saturated carbocycles. The summed E-state index contributed by atoms with van der Waals surface area (Å²) in [5, 5.41) is 10.2. The SMILES string of the molecule is O=C(O)C1CCC1Cc1c(Cl)cccc1Cl. The third-order valence-corrected chi connectivity index (χ3v) is 3.97. The minimum absolute atomic E-state index is 0.176. The van der Waals surface area contributed by atoms with E-state index < -0.39 is 5.97 Å². The van der Waals surface area contributed by atoms with Gasteiger partial charge in [-0.25, -0.2) is 0 Å². The van der Waals surface area contributed by atoms with E-state index in [0.717, 1.165) is 18.4 Å². The van der Waals surface area contributed by atoms with Gasteiger partial charge in [-0.05, 0) is 42.9 Å². The van der Waals surface area contributed by atoms with Crippen LogP contribution in [-0.4, -0.2) is 11.1 Å². The van der Waals surface area contributed by atoms with Gasteiger partial charge in [-0.2, -0.15) is 0 Å². The average Bonchev–Trinajstić information content (AvgIpc) is 2.14. The maximum Gasteiger partial charge on any atom is 0.306 e. The third kappa shape index (κ3) is 2.18. The van der Waals surface area contributed by atoms with Gasteiger partial charge < -0.3 is 5.11 Å². The fourth-order valence-electron chi connectivity index (χ4n) is 2.13. The lowest BCUT2D eigenvalue weighted by atomic mass is 9.71. The van der Waals surface area contributed by atoms with Crippen LogP contribution >= 0.6 is 23.2 Å². The van der Waals surface area contributed by atoms with E-state index in [1.165, 1.54) is 0 Å². The van der Waals surface area contributed by atoms with Gasteiger partial charge in [0, 0.05) is 10.0 Å². The van der Waals surface area contributed by atoms with Crippen molar-refractivity contribution in [2.24, 2.45) is 11.8 Å². The molecule has 0 aromatic heterocycles. The Morgan fingerprint density at radius 3 is 2.38 bits per heavy atom. The zero-order chi connectivity index (χ0) is 11.7. The highest BCUT2D eigenvalue weighted by Gasteiger charge is 2.36. The molecule has 0 heterocycles. The summed E-state index contributed by atoms with van der Waals surface area (Å²) in [6.45, 7) is 0. The predicted octanol–water partition coefficient (Wildman–Crippen LogP) is 3.65. The first kappa shape index (κ1) is 11.7. The number of halogens is 2. The van der Waals surface area contributed by atoms with Crippen molar-refractivity contribution in [3.63, 3.8) is 0 Å². The molecule has 2 nitrogen and oxygen atoms in total. The summed E-state index contributed by atoms with van der Waals surface area (Å²) in [5.74, 6) is -0.762. The molecule has 0 amide bonds. The van der Waals surface area contributed by atoms with E-state index in [9.17, 15) is 4.79 Å². The van der Waals surface area contributed by atoms with Crippen LogP contribution in [-0.2, 0) is 11.2 Å². The highest BCUT2D eigenvalue weighted by molar-refractivity contribution is 6.36. The van der Waals surface area contributed by atoms with Gasteiger partial charge in [0.05, 0.1) is 5.92 Å². The zero-order valence-electron chi connectivity index (χ0n) is 8.62. The van der Waals surface area contributed by atoms with E-state index in [4.69, 9.17) is 28.3 Å². The highest BCUT2D eigenvalue weighted by Crippen LogP contribution is 2.39. The topological polar surface area (TPSA) is 37.3 Å². The van der Waals surface area contributed by atoms with E-state index in [1.807, 2.05) is 0 Å². The first-order chi connectivity index (χ1) is 7.59. The van der Waals surface area contributed by atoms with Crippen molar-refractivity contribution >= 4 is 29.2 Å². The molecule has 0 saturated heterocycles. The minimum Gasteiger partial charge on any atom is -0.481 e. The van der Waals surface area contributed by atoms with Crippen LogP contribution < -0.4 is 0 Å². The van der Waals surface area contributed by atoms with Gasteiger partial charge in [0.1, 0.15) is 0 Å². The average molecular weight is 259 g/mol. The van der Waals surface area contributed by atoms with Crippen LogP contribution in [0.5, 0.6) is 0 Å². The molecule has 1 aromatic carbocycles. The van der Waals surface area contributed by atoms with Crippen LogP contribution in [0.2, 0.25) is 10.0 Å². The molecule has 0 spiro atoms. The van der Waals surface area contributed by atoms with Gasteiger partial charge in [0.15, 0.2) is 0 Å². The van der Waals surface area contributed by atoms with E-state index in [2.05, 4.69) is 0 Å². The molecule has 1 aromatic rings. The van der Waals surface area contributed by atoms with Gasteiger partial charge in [-0.15, -0.1) is 0 Å². The zero-order valence-corrected chi connectivity index (χ0v) is 10.1. The molecule has 16 heavy (non-hydrogen) atoms. The summed E-state index contributed by atoms with van der Waals surface area (Å²) in [6, 6.07) is 5.37. The van der Waals surface area contributed by atoms with Crippen molar-refractivity contribution in [3.05, 3.63) is 33.8 Å². The van der Waals surface area contributed by atoms with Crippen LogP contribution in [0.15, 0.2) is 18.2 Å². The first-order valence-corrected chi connectivity index (χ1v) is 6.01. The Hall–Kier alpha value is -0.730. The number of carboxylic acid groups (broad SMARTS) is 1. The molecule has 1 aliphatic carbocycles. The molecular formula is C12H12Cl2O2. The van der Waals surface area contributed by atoms with Crippen molar-refractivity contribution in [2.45, 2.75) is 19.3 Å². The van der Waals surface area contributed by atoms with E-state index >= 15 is 0 Å². The summed E-state index contributed by atoms with van der Waals surface area (Å²) in [4.78, 5) is 10.9. The predicted molar refractivity (Wildman–Crippen MR) is 64.0 cm³/mol. The number of carboxylic acids is 1. The first-order valence-electron chi connectivity index (χ1n) is 5.25. The lowest BCUT2D eigenvalue weighted by Gasteiger charge is -2.33. The molecule has 0 aliphatic heterocycles. The molecule has 0 bridgehead atoms. The van der Waals surface area contributed by atoms with Gasteiger partial charge >= 0.3 is 5.97 Å². The molecule has 86 valence electrons. The number of rotatable bonds is 3. The molecule has 4 heteroatoms. The van der Waals surface area contributed by atoms with Gasteiger partial charge in [-0.1, -0.05) is 29.3 Å². The second kappa shape index (κ2) is 4.64. The third-order valence-electron chi connectivity index (χ3n) is 3.26.